The molecule has 0 atom stereocenters. The summed E-state index contributed by atoms with van der Waals surface area (Å²) in [6.45, 7) is 3.89. The van der Waals surface area contributed by atoms with Gasteiger partial charge in [-0.15, -0.1) is 0 Å². The van der Waals surface area contributed by atoms with Gasteiger partial charge in [-0.2, -0.15) is 15.1 Å². The second-order valence-electron chi connectivity index (χ2n) is 7.16. The van der Waals surface area contributed by atoms with Gasteiger partial charge in [-0.3, -0.25) is 10.2 Å². The van der Waals surface area contributed by atoms with Crippen molar-refractivity contribution in [1.29, 1.82) is 5.41 Å². The number of carbonyl (C=O) groups is 1. The molecule has 5 rings (SSSR count). The summed E-state index contributed by atoms with van der Waals surface area (Å²) < 4.78 is 7.39. The lowest BCUT2D eigenvalue weighted by Crippen LogP contribution is -2.35. The van der Waals surface area contributed by atoms with Crippen molar-refractivity contribution in [3.8, 4) is 5.69 Å². The van der Waals surface area contributed by atoms with Gasteiger partial charge in [0.25, 0.3) is 5.91 Å². The number of amidine groups is 2. The third-order valence-corrected chi connectivity index (χ3v) is 6.78. The van der Waals surface area contributed by atoms with Crippen LogP contribution in [0, 0.1) is 19.3 Å². The Labute approximate surface area is 197 Å². The summed E-state index contributed by atoms with van der Waals surface area (Å²) in [4.78, 5) is 16.9. The molecular weight excluding hydrogens is 469 g/mol. The van der Waals surface area contributed by atoms with Gasteiger partial charge in [-0.05, 0) is 73.6 Å². The Morgan fingerprint density at radius 3 is 2.69 bits per heavy atom. The molecular formula is C22H15Cl2N5O2S. The van der Waals surface area contributed by atoms with Gasteiger partial charge in [0.2, 0.25) is 5.17 Å². The number of fused-ring (bicyclic) bond motifs is 1. The zero-order valence-corrected chi connectivity index (χ0v) is 19.2. The number of thioether (sulfide) groups is 1. The molecule has 0 fully saturated rings. The van der Waals surface area contributed by atoms with E-state index in [1.165, 1.54) is 16.8 Å². The van der Waals surface area contributed by atoms with E-state index in [-0.39, 0.29) is 11.4 Å². The van der Waals surface area contributed by atoms with Gasteiger partial charge < -0.3 is 8.98 Å². The van der Waals surface area contributed by atoms with E-state index in [1.807, 2.05) is 30.5 Å². The summed E-state index contributed by atoms with van der Waals surface area (Å²) in [6, 6.07) is 10.9. The minimum atomic E-state index is -0.482. The van der Waals surface area contributed by atoms with Crippen LogP contribution in [0.5, 0.6) is 0 Å². The number of hydrazone groups is 1. The van der Waals surface area contributed by atoms with Crippen molar-refractivity contribution >= 4 is 63.0 Å². The van der Waals surface area contributed by atoms with E-state index in [4.69, 9.17) is 33.0 Å². The van der Waals surface area contributed by atoms with Gasteiger partial charge in [-0.25, -0.2) is 0 Å². The Hall–Kier alpha value is -3.07. The van der Waals surface area contributed by atoms with Crippen LogP contribution in [0.1, 0.15) is 22.7 Å². The van der Waals surface area contributed by atoms with E-state index in [1.54, 1.807) is 36.6 Å². The predicted octanol–water partition coefficient (Wildman–Crippen LogP) is 5.66. The number of nitrogens with one attached hydrogen (secondary N) is 1. The zero-order chi connectivity index (χ0) is 22.6. The fourth-order valence-electron chi connectivity index (χ4n) is 3.60. The molecule has 0 aliphatic carbocycles. The zero-order valence-electron chi connectivity index (χ0n) is 16.9. The number of halogens is 2. The molecule has 0 radical (unpaired) electrons. The molecule has 0 unspecified atom stereocenters. The quantitative estimate of drug-likeness (QED) is 0.486. The van der Waals surface area contributed by atoms with Crippen molar-refractivity contribution < 1.29 is 9.21 Å². The van der Waals surface area contributed by atoms with Crippen LogP contribution in [0.15, 0.2) is 62.7 Å². The van der Waals surface area contributed by atoms with Crippen LogP contribution in [0.2, 0.25) is 10.0 Å². The molecule has 3 aromatic rings. The minimum absolute atomic E-state index is 0.0339. The second kappa shape index (κ2) is 7.81. The highest BCUT2D eigenvalue weighted by molar-refractivity contribution is 8.27. The van der Waals surface area contributed by atoms with Gasteiger partial charge in [0.15, 0.2) is 16.6 Å². The van der Waals surface area contributed by atoms with Crippen LogP contribution in [0.4, 0.5) is 0 Å². The van der Waals surface area contributed by atoms with Crippen molar-refractivity contribution in [2.45, 2.75) is 13.8 Å². The molecule has 1 amide bonds. The summed E-state index contributed by atoms with van der Waals surface area (Å²) in [6.07, 6.45) is 3.22. The summed E-state index contributed by atoms with van der Waals surface area (Å²) in [7, 11) is 0. The van der Waals surface area contributed by atoms with Crippen molar-refractivity contribution in [2.24, 2.45) is 10.1 Å². The number of hydrogen-bond donors (Lipinski definition) is 1. The molecule has 32 heavy (non-hydrogen) atoms. The molecule has 0 bridgehead atoms. The number of aromatic nitrogens is 1. The number of aryl methyl sites for hydroxylation is 1. The maximum absolute atomic E-state index is 12.8. The average Bonchev–Trinajstić information content (AvgIpc) is 3.47. The van der Waals surface area contributed by atoms with Crippen LogP contribution in [-0.2, 0) is 4.79 Å². The number of rotatable bonds is 3. The number of hydrogen-bond acceptors (Lipinski definition) is 5. The van der Waals surface area contributed by atoms with Crippen LogP contribution in [0.3, 0.4) is 0 Å². The Morgan fingerprint density at radius 1 is 1.16 bits per heavy atom. The molecule has 2 aliphatic heterocycles. The van der Waals surface area contributed by atoms with Crippen LogP contribution in [0.25, 0.3) is 11.8 Å². The van der Waals surface area contributed by atoms with E-state index in [9.17, 15) is 4.79 Å². The van der Waals surface area contributed by atoms with Crippen molar-refractivity contribution in [1.82, 2.24) is 9.58 Å². The third kappa shape index (κ3) is 3.40. The molecule has 2 aliphatic rings. The fraction of sp³-hybridized carbons (Fsp3) is 0.0909. The monoisotopic (exact) mass is 483 g/mol. The van der Waals surface area contributed by atoms with E-state index >= 15 is 0 Å². The molecule has 4 heterocycles. The maximum atomic E-state index is 12.8. The first kappa shape index (κ1) is 20.8. The van der Waals surface area contributed by atoms with Gasteiger partial charge in [-0.1, -0.05) is 23.2 Å². The molecule has 0 saturated heterocycles. The minimum Gasteiger partial charge on any atom is -0.462 e. The SMILES string of the molecule is Cc1cc(C=C2C(=N)N3N=C(c4ccco4)SC3=NC2=O)c(C)n1-c1ccc(Cl)c(Cl)c1. The molecule has 7 nitrogen and oxygen atoms in total. The summed E-state index contributed by atoms with van der Waals surface area (Å²) >= 11 is 13.4. The molecule has 0 spiro atoms. The van der Waals surface area contributed by atoms with Gasteiger partial charge in [0.1, 0.15) is 0 Å². The highest BCUT2D eigenvalue weighted by atomic mass is 35.5. The number of aliphatic imine (C=N–C) groups is 1. The number of benzene rings is 1. The van der Waals surface area contributed by atoms with Crippen molar-refractivity contribution in [2.75, 3.05) is 0 Å². The molecule has 1 aromatic carbocycles. The fourth-order valence-corrected chi connectivity index (χ4v) is 4.75. The number of nitrogens with zero attached hydrogens (tertiary/aromatic N) is 4. The van der Waals surface area contributed by atoms with Gasteiger partial charge >= 0.3 is 0 Å². The summed E-state index contributed by atoms with van der Waals surface area (Å²) in [5.41, 5.74) is 3.64. The topological polar surface area (TPSA) is 87.0 Å². The number of amides is 1. The first-order valence-corrected chi connectivity index (χ1v) is 11.1. The third-order valence-electron chi connectivity index (χ3n) is 5.12. The predicted molar refractivity (Wildman–Crippen MR) is 128 cm³/mol. The van der Waals surface area contributed by atoms with Gasteiger partial charge in [0, 0.05) is 17.1 Å². The number of carbonyl (C=O) groups excluding carboxylic acids is 1. The standard InChI is InChI=1S/C22H15Cl2N5O2S/c1-11-8-13(12(2)28(11)14-5-6-16(23)17(24)10-14)9-15-19(25)29-22(26-20(15)30)32-21(27-29)18-4-3-7-31-18/h3-10,25H,1-2H3. The maximum Gasteiger partial charge on any atom is 0.283 e. The Balaban J connectivity index is 1.53. The molecule has 0 saturated carbocycles. The summed E-state index contributed by atoms with van der Waals surface area (Å²) in [5.74, 6) is 0.0421. The first-order valence-electron chi connectivity index (χ1n) is 9.52. The van der Waals surface area contributed by atoms with E-state index < -0.39 is 5.91 Å². The smallest absolute Gasteiger partial charge is 0.283 e. The Bertz CT molecular complexity index is 1390. The van der Waals surface area contributed by atoms with Gasteiger partial charge in [0.05, 0.1) is 21.9 Å². The highest BCUT2D eigenvalue weighted by Gasteiger charge is 2.36. The van der Waals surface area contributed by atoms with Crippen molar-refractivity contribution in [3.63, 3.8) is 0 Å². The van der Waals surface area contributed by atoms with E-state index in [2.05, 4.69) is 10.1 Å². The average molecular weight is 484 g/mol. The molecule has 1 N–H and O–H groups in total. The second-order valence-corrected chi connectivity index (χ2v) is 8.93. The first-order chi connectivity index (χ1) is 15.3. The van der Waals surface area contributed by atoms with Crippen molar-refractivity contribution in [3.05, 3.63) is 81.0 Å². The lowest BCUT2D eigenvalue weighted by atomic mass is 10.1. The largest absolute Gasteiger partial charge is 0.462 e. The van der Waals surface area contributed by atoms with E-state index in [0.29, 0.717) is 26.0 Å². The molecule has 160 valence electrons. The summed E-state index contributed by atoms with van der Waals surface area (Å²) in [5, 5.41) is 16.2. The Morgan fingerprint density at radius 2 is 1.97 bits per heavy atom. The van der Waals surface area contributed by atoms with Crippen LogP contribution in [-0.4, -0.2) is 31.5 Å². The Kier molecular flexibility index (Phi) is 5.08. The lowest BCUT2D eigenvalue weighted by Gasteiger charge is -2.20. The van der Waals surface area contributed by atoms with Crippen LogP contribution >= 0.6 is 35.0 Å². The highest BCUT2D eigenvalue weighted by Crippen LogP contribution is 2.32. The lowest BCUT2D eigenvalue weighted by molar-refractivity contribution is -0.114. The number of furan rings is 1. The van der Waals surface area contributed by atoms with E-state index in [0.717, 1.165) is 22.6 Å². The molecule has 2 aromatic heterocycles. The normalized spacial score (nSPS) is 17.1. The van der Waals surface area contributed by atoms with Crippen LogP contribution < -0.4 is 0 Å². The molecule has 10 heteroatoms.